The van der Waals surface area contributed by atoms with Crippen LogP contribution in [0.3, 0.4) is 0 Å². The minimum Gasteiger partial charge on any atom is -0.350 e. The number of fused-ring (bicyclic) bond motifs is 1. The summed E-state index contributed by atoms with van der Waals surface area (Å²) in [5, 5.41) is 3.05. The molecule has 0 aliphatic carbocycles. The van der Waals surface area contributed by atoms with E-state index in [4.69, 9.17) is 0 Å². The van der Waals surface area contributed by atoms with Crippen molar-refractivity contribution in [2.75, 3.05) is 6.54 Å². The van der Waals surface area contributed by atoms with Crippen molar-refractivity contribution in [3.63, 3.8) is 0 Å². The first-order valence-corrected chi connectivity index (χ1v) is 14.2. The van der Waals surface area contributed by atoms with Crippen molar-refractivity contribution in [1.29, 1.82) is 0 Å². The van der Waals surface area contributed by atoms with Crippen molar-refractivity contribution < 1.29 is 19.2 Å². The standard InChI is InChI=1S/C32H34BrN3O4/c1-32(2,3)34-29(38)27(20-22-10-5-4-6-11-22)36(21-23-15-17-24(33)18-16-23)28(37)14-9-19-35-30(39)25-12-7-8-13-26(25)31(35)40/h4-8,10-13,15-18,27H,9,14,19-21H2,1-3H3,(H,34,38)/t27-/m1/s1. The van der Waals surface area contributed by atoms with Crippen LogP contribution in [0.15, 0.2) is 83.3 Å². The molecule has 1 N–H and O–H groups in total. The molecule has 0 saturated heterocycles. The van der Waals surface area contributed by atoms with Crippen LogP contribution in [-0.2, 0) is 22.6 Å². The minimum atomic E-state index is -0.753. The molecule has 0 saturated carbocycles. The first-order chi connectivity index (χ1) is 19.0. The second kappa shape index (κ2) is 12.6. The largest absolute Gasteiger partial charge is 0.350 e. The number of nitrogens with one attached hydrogen (secondary N) is 1. The lowest BCUT2D eigenvalue weighted by molar-refractivity contribution is -0.142. The molecular weight excluding hydrogens is 570 g/mol. The number of halogens is 1. The average molecular weight is 605 g/mol. The fourth-order valence-corrected chi connectivity index (χ4v) is 5.03. The van der Waals surface area contributed by atoms with Crippen molar-refractivity contribution in [3.8, 4) is 0 Å². The van der Waals surface area contributed by atoms with Crippen LogP contribution < -0.4 is 5.32 Å². The Morgan fingerprint density at radius 2 is 1.43 bits per heavy atom. The molecule has 0 spiro atoms. The molecular formula is C32H34BrN3O4. The van der Waals surface area contributed by atoms with E-state index in [1.807, 2.05) is 75.4 Å². The van der Waals surface area contributed by atoms with Crippen LogP contribution >= 0.6 is 15.9 Å². The molecule has 3 aromatic carbocycles. The van der Waals surface area contributed by atoms with Gasteiger partial charge in [0, 0.05) is 35.9 Å². The van der Waals surface area contributed by atoms with E-state index in [2.05, 4.69) is 21.2 Å². The fraction of sp³-hybridized carbons (Fsp3) is 0.312. The van der Waals surface area contributed by atoms with Gasteiger partial charge in [0.25, 0.3) is 11.8 Å². The molecule has 4 rings (SSSR count). The van der Waals surface area contributed by atoms with E-state index >= 15 is 0 Å². The monoisotopic (exact) mass is 603 g/mol. The predicted octanol–water partition coefficient (Wildman–Crippen LogP) is 5.38. The van der Waals surface area contributed by atoms with E-state index in [1.165, 1.54) is 4.90 Å². The van der Waals surface area contributed by atoms with E-state index in [1.54, 1.807) is 29.2 Å². The van der Waals surface area contributed by atoms with E-state index in [9.17, 15) is 19.2 Å². The number of rotatable bonds is 10. The number of benzene rings is 3. The quantitative estimate of drug-likeness (QED) is 0.315. The lowest BCUT2D eigenvalue weighted by Crippen LogP contribution is -2.54. The summed E-state index contributed by atoms with van der Waals surface area (Å²) in [6.45, 7) is 6.10. The second-order valence-electron chi connectivity index (χ2n) is 11.0. The molecule has 0 unspecified atom stereocenters. The first kappa shape index (κ1) is 29.2. The van der Waals surface area contributed by atoms with Crippen LogP contribution in [-0.4, -0.2) is 51.6 Å². The Morgan fingerprint density at radius 1 is 0.850 bits per heavy atom. The van der Waals surface area contributed by atoms with Gasteiger partial charge in [-0.05, 0) is 62.6 Å². The number of carbonyl (C=O) groups is 4. The van der Waals surface area contributed by atoms with Crippen molar-refractivity contribution >= 4 is 39.6 Å². The summed E-state index contributed by atoms with van der Waals surface area (Å²) in [6.07, 6.45) is 0.724. The van der Waals surface area contributed by atoms with E-state index < -0.39 is 11.6 Å². The molecule has 0 aromatic heterocycles. The van der Waals surface area contributed by atoms with Gasteiger partial charge in [-0.15, -0.1) is 0 Å². The highest BCUT2D eigenvalue weighted by molar-refractivity contribution is 9.10. The zero-order valence-electron chi connectivity index (χ0n) is 23.0. The molecule has 7 nitrogen and oxygen atoms in total. The fourth-order valence-electron chi connectivity index (χ4n) is 4.77. The average Bonchev–Trinajstić information content (AvgIpc) is 3.16. The van der Waals surface area contributed by atoms with Gasteiger partial charge in [-0.3, -0.25) is 24.1 Å². The normalized spacial score (nSPS) is 13.7. The Kier molecular flexibility index (Phi) is 9.20. The summed E-state index contributed by atoms with van der Waals surface area (Å²) >= 11 is 3.45. The van der Waals surface area contributed by atoms with Crippen LogP contribution in [0.1, 0.15) is 65.5 Å². The van der Waals surface area contributed by atoms with Crippen molar-refractivity contribution in [2.24, 2.45) is 0 Å². The van der Waals surface area contributed by atoms with Gasteiger partial charge in [-0.25, -0.2) is 0 Å². The summed E-state index contributed by atoms with van der Waals surface area (Å²) in [6, 6.07) is 23.3. The van der Waals surface area contributed by atoms with Gasteiger partial charge in [-0.1, -0.05) is 70.5 Å². The zero-order chi connectivity index (χ0) is 28.9. The molecule has 4 amide bonds. The highest BCUT2D eigenvalue weighted by atomic mass is 79.9. The Balaban J connectivity index is 1.55. The van der Waals surface area contributed by atoms with Crippen LogP contribution in [0.5, 0.6) is 0 Å². The summed E-state index contributed by atoms with van der Waals surface area (Å²) in [7, 11) is 0. The van der Waals surface area contributed by atoms with Crippen LogP contribution in [0.25, 0.3) is 0 Å². The first-order valence-electron chi connectivity index (χ1n) is 13.4. The maximum atomic E-state index is 13.8. The third kappa shape index (κ3) is 7.24. The van der Waals surface area contributed by atoms with Crippen LogP contribution in [0.4, 0.5) is 0 Å². The van der Waals surface area contributed by atoms with Crippen molar-refractivity contribution in [2.45, 2.75) is 58.2 Å². The minimum absolute atomic E-state index is 0.0814. The van der Waals surface area contributed by atoms with Gasteiger partial charge in [0.15, 0.2) is 0 Å². The number of hydrogen-bond acceptors (Lipinski definition) is 4. The number of hydrogen-bond donors (Lipinski definition) is 1. The van der Waals surface area contributed by atoms with Gasteiger partial charge >= 0.3 is 0 Å². The van der Waals surface area contributed by atoms with Gasteiger partial charge in [0.05, 0.1) is 11.1 Å². The SMILES string of the molecule is CC(C)(C)NC(=O)[C@@H](Cc1ccccc1)N(Cc1ccc(Br)cc1)C(=O)CCCN1C(=O)c2ccccc2C1=O. The lowest BCUT2D eigenvalue weighted by atomic mass is 10.00. The van der Waals surface area contributed by atoms with Crippen molar-refractivity contribution in [3.05, 3.63) is 106 Å². The lowest BCUT2D eigenvalue weighted by Gasteiger charge is -2.34. The van der Waals surface area contributed by atoms with E-state index in [0.717, 1.165) is 15.6 Å². The topological polar surface area (TPSA) is 86.8 Å². The van der Waals surface area contributed by atoms with E-state index in [0.29, 0.717) is 24.0 Å². The Hall–Kier alpha value is -3.78. The molecule has 8 heteroatoms. The number of nitrogens with zero attached hydrogens (tertiary/aromatic N) is 2. The van der Waals surface area contributed by atoms with Crippen molar-refractivity contribution in [1.82, 2.24) is 15.1 Å². The highest BCUT2D eigenvalue weighted by Crippen LogP contribution is 2.24. The predicted molar refractivity (Wildman–Crippen MR) is 158 cm³/mol. The highest BCUT2D eigenvalue weighted by Gasteiger charge is 2.36. The molecule has 1 aliphatic rings. The van der Waals surface area contributed by atoms with Crippen LogP contribution in [0.2, 0.25) is 0 Å². The van der Waals surface area contributed by atoms with Gasteiger partial charge in [0.1, 0.15) is 6.04 Å². The molecule has 1 heterocycles. The molecule has 0 bridgehead atoms. The smallest absolute Gasteiger partial charge is 0.261 e. The van der Waals surface area contributed by atoms with E-state index in [-0.39, 0.29) is 43.1 Å². The Morgan fingerprint density at radius 3 is 2.00 bits per heavy atom. The van der Waals surface area contributed by atoms with Gasteiger partial charge in [-0.2, -0.15) is 0 Å². The number of amides is 4. The third-order valence-electron chi connectivity index (χ3n) is 6.69. The molecule has 40 heavy (non-hydrogen) atoms. The summed E-state index contributed by atoms with van der Waals surface area (Å²) in [4.78, 5) is 55.8. The summed E-state index contributed by atoms with van der Waals surface area (Å²) < 4.78 is 0.918. The molecule has 0 fully saturated rings. The molecule has 208 valence electrons. The molecule has 1 aliphatic heterocycles. The van der Waals surface area contributed by atoms with Crippen LogP contribution in [0, 0.1) is 0 Å². The molecule has 3 aromatic rings. The van der Waals surface area contributed by atoms with Gasteiger partial charge in [0.2, 0.25) is 11.8 Å². The Labute approximate surface area is 243 Å². The maximum absolute atomic E-state index is 13.8. The number of carbonyl (C=O) groups excluding carboxylic acids is 4. The zero-order valence-corrected chi connectivity index (χ0v) is 24.6. The Bertz CT molecular complexity index is 1350. The number of imide groups is 1. The third-order valence-corrected chi connectivity index (χ3v) is 7.21. The molecule has 1 atom stereocenters. The second-order valence-corrected chi connectivity index (χ2v) is 11.9. The maximum Gasteiger partial charge on any atom is 0.261 e. The summed E-state index contributed by atoms with van der Waals surface area (Å²) in [5.41, 5.74) is 2.12. The summed E-state index contributed by atoms with van der Waals surface area (Å²) in [5.74, 6) is -1.13. The van der Waals surface area contributed by atoms with Gasteiger partial charge < -0.3 is 10.2 Å². The molecule has 0 radical (unpaired) electrons.